The maximum Gasteiger partial charge on any atom is 0.231 e. The predicted octanol–water partition coefficient (Wildman–Crippen LogP) is 4.38. The van der Waals surface area contributed by atoms with E-state index in [-0.39, 0.29) is 12.7 Å². The zero-order valence-corrected chi connectivity index (χ0v) is 17.2. The molecule has 1 aromatic heterocycles. The highest BCUT2D eigenvalue weighted by atomic mass is 35.5. The van der Waals surface area contributed by atoms with E-state index >= 15 is 0 Å². The summed E-state index contributed by atoms with van der Waals surface area (Å²) < 4.78 is 22.2. The summed E-state index contributed by atoms with van der Waals surface area (Å²) in [5.74, 6) is 3.88. The van der Waals surface area contributed by atoms with Gasteiger partial charge in [0, 0.05) is 23.0 Å². The molecular formula is C22H22ClN3O4. The van der Waals surface area contributed by atoms with Crippen molar-refractivity contribution in [1.82, 2.24) is 15.0 Å². The molecule has 0 spiro atoms. The summed E-state index contributed by atoms with van der Waals surface area (Å²) in [6, 6.07) is 13.1. The fourth-order valence-corrected chi connectivity index (χ4v) is 3.91. The van der Waals surface area contributed by atoms with E-state index in [9.17, 15) is 0 Å². The molecule has 0 atom stereocenters. The number of hydrogen-bond donors (Lipinski definition) is 0. The topological polar surface area (TPSA) is 69.9 Å². The molecule has 2 aromatic carbocycles. The molecule has 0 radical (unpaired) electrons. The van der Waals surface area contributed by atoms with E-state index in [0.29, 0.717) is 29.1 Å². The Hall–Kier alpha value is -2.77. The van der Waals surface area contributed by atoms with E-state index in [1.165, 1.54) is 0 Å². The van der Waals surface area contributed by atoms with Gasteiger partial charge in [-0.15, -0.1) is 0 Å². The molecule has 0 bridgehead atoms. The first-order chi connectivity index (χ1) is 14.7. The van der Waals surface area contributed by atoms with Crippen molar-refractivity contribution in [3.8, 4) is 28.6 Å². The van der Waals surface area contributed by atoms with Crippen LogP contribution in [0.3, 0.4) is 0 Å². The van der Waals surface area contributed by atoms with Gasteiger partial charge in [-0.05, 0) is 68.4 Å². The van der Waals surface area contributed by atoms with Crippen molar-refractivity contribution in [2.75, 3.05) is 33.0 Å². The molecule has 3 heterocycles. The lowest BCUT2D eigenvalue weighted by Gasteiger charge is -2.30. The van der Waals surface area contributed by atoms with Crippen LogP contribution in [0.15, 0.2) is 47.0 Å². The second kappa shape index (κ2) is 8.53. The minimum atomic E-state index is 0.250. The van der Waals surface area contributed by atoms with Gasteiger partial charge in [0.15, 0.2) is 11.5 Å². The lowest BCUT2D eigenvalue weighted by atomic mass is 9.97. The Kier molecular flexibility index (Phi) is 5.46. The molecule has 2 aliphatic heterocycles. The molecule has 1 fully saturated rings. The average Bonchev–Trinajstić information content (AvgIpc) is 3.45. The fourth-order valence-electron chi connectivity index (χ4n) is 3.78. The summed E-state index contributed by atoms with van der Waals surface area (Å²) in [6.45, 7) is 3.76. The van der Waals surface area contributed by atoms with Crippen LogP contribution in [-0.4, -0.2) is 48.1 Å². The van der Waals surface area contributed by atoms with Gasteiger partial charge in [-0.25, -0.2) is 0 Å². The lowest BCUT2D eigenvalue weighted by molar-refractivity contribution is 0.163. The molecule has 1 saturated heterocycles. The van der Waals surface area contributed by atoms with Crippen molar-refractivity contribution in [3.63, 3.8) is 0 Å². The predicted molar refractivity (Wildman–Crippen MR) is 111 cm³/mol. The quantitative estimate of drug-likeness (QED) is 0.578. The number of likely N-dealkylation sites (tertiary alicyclic amines) is 1. The summed E-state index contributed by atoms with van der Waals surface area (Å²) in [5, 5.41) is 4.88. The molecule has 7 nitrogen and oxygen atoms in total. The number of rotatable bonds is 6. The maximum absolute atomic E-state index is 5.90. The van der Waals surface area contributed by atoms with E-state index in [0.717, 1.165) is 49.5 Å². The van der Waals surface area contributed by atoms with Crippen molar-refractivity contribution >= 4 is 11.6 Å². The van der Waals surface area contributed by atoms with Gasteiger partial charge in [0.2, 0.25) is 18.5 Å². The minimum absolute atomic E-state index is 0.250. The molecule has 0 N–H and O–H groups in total. The Morgan fingerprint density at radius 3 is 2.67 bits per heavy atom. The summed E-state index contributed by atoms with van der Waals surface area (Å²) in [5.41, 5.74) is 0.867. The molecule has 2 aliphatic rings. The van der Waals surface area contributed by atoms with Gasteiger partial charge in [-0.3, -0.25) is 4.90 Å². The van der Waals surface area contributed by atoms with Crippen LogP contribution in [0, 0.1) is 0 Å². The Morgan fingerprint density at radius 2 is 1.83 bits per heavy atom. The monoisotopic (exact) mass is 427 g/mol. The average molecular weight is 428 g/mol. The first kappa shape index (κ1) is 19.2. The van der Waals surface area contributed by atoms with Crippen LogP contribution in [-0.2, 0) is 0 Å². The van der Waals surface area contributed by atoms with Crippen LogP contribution >= 0.6 is 11.6 Å². The Bertz CT molecular complexity index is 1000. The SMILES string of the molecule is Clc1ccc(OCCN2CCC(c3nc(-c4ccc5c(c4)OCO5)no3)CC2)cc1. The fraction of sp³-hybridized carbons (Fsp3) is 0.364. The number of hydrogen-bond acceptors (Lipinski definition) is 7. The first-order valence-corrected chi connectivity index (χ1v) is 10.5. The number of fused-ring (bicyclic) bond motifs is 1. The lowest BCUT2D eigenvalue weighted by Crippen LogP contribution is -2.35. The van der Waals surface area contributed by atoms with Gasteiger partial charge in [0.25, 0.3) is 0 Å². The first-order valence-electron chi connectivity index (χ1n) is 10.1. The molecule has 3 aromatic rings. The van der Waals surface area contributed by atoms with Gasteiger partial charge in [0.1, 0.15) is 12.4 Å². The van der Waals surface area contributed by atoms with Gasteiger partial charge < -0.3 is 18.7 Å². The van der Waals surface area contributed by atoms with E-state index in [1.807, 2.05) is 42.5 Å². The van der Waals surface area contributed by atoms with Crippen molar-refractivity contribution in [2.24, 2.45) is 0 Å². The number of aromatic nitrogens is 2. The number of nitrogens with zero attached hydrogens (tertiary/aromatic N) is 3. The van der Waals surface area contributed by atoms with Gasteiger partial charge in [0.05, 0.1) is 0 Å². The number of ether oxygens (including phenoxy) is 3. The second-order valence-electron chi connectivity index (χ2n) is 7.44. The van der Waals surface area contributed by atoms with Gasteiger partial charge >= 0.3 is 0 Å². The van der Waals surface area contributed by atoms with Crippen LogP contribution in [0.2, 0.25) is 5.02 Å². The Morgan fingerprint density at radius 1 is 1.03 bits per heavy atom. The second-order valence-corrected chi connectivity index (χ2v) is 7.88. The highest BCUT2D eigenvalue weighted by molar-refractivity contribution is 6.30. The molecule has 156 valence electrons. The highest BCUT2D eigenvalue weighted by Gasteiger charge is 2.26. The van der Waals surface area contributed by atoms with Crippen molar-refractivity contribution < 1.29 is 18.7 Å². The molecule has 5 rings (SSSR count). The Balaban J connectivity index is 1.12. The van der Waals surface area contributed by atoms with Crippen molar-refractivity contribution in [3.05, 3.63) is 53.4 Å². The van der Waals surface area contributed by atoms with Crippen LogP contribution < -0.4 is 14.2 Å². The maximum atomic E-state index is 5.90. The van der Waals surface area contributed by atoms with E-state index in [4.69, 9.17) is 30.3 Å². The third-order valence-corrected chi connectivity index (χ3v) is 5.75. The molecule has 8 heteroatoms. The highest BCUT2D eigenvalue weighted by Crippen LogP contribution is 2.36. The zero-order valence-electron chi connectivity index (χ0n) is 16.4. The van der Waals surface area contributed by atoms with Crippen LogP contribution in [0.25, 0.3) is 11.4 Å². The smallest absolute Gasteiger partial charge is 0.231 e. The largest absolute Gasteiger partial charge is 0.492 e. The summed E-state index contributed by atoms with van der Waals surface area (Å²) >= 11 is 5.90. The Labute approximate surface area is 179 Å². The van der Waals surface area contributed by atoms with Crippen LogP contribution in [0.4, 0.5) is 0 Å². The molecule has 0 saturated carbocycles. The summed E-state index contributed by atoms with van der Waals surface area (Å²) in [7, 11) is 0. The van der Waals surface area contributed by atoms with E-state index < -0.39 is 0 Å². The molecule has 0 unspecified atom stereocenters. The third kappa shape index (κ3) is 4.22. The van der Waals surface area contributed by atoms with E-state index in [1.54, 1.807) is 0 Å². The molecule has 0 amide bonds. The van der Waals surface area contributed by atoms with Gasteiger partial charge in [-0.2, -0.15) is 4.98 Å². The van der Waals surface area contributed by atoms with Gasteiger partial charge in [-0.1, -0.05) is 16.8 Å². The summed E-state index contributed by atoms with van der Waals surface area (Å²) in [4.78, 5) is 7.04. The molecular weight excluding hydrogens is 406 g/mol. The molecule has 0 aliphatic carbocycles. The third-order valence-electron chi connectivity index (χ3n) is 5.50. The molecule has 30 heavy (non-hydrogen) atoms. The number of halogens is 1. The van der Waals surface area contributed by atoms with Crippen LogP contribution in [0.5, 0.6) is 17.2 Å². The number of benzene rings is 2. The number of piperidine rings is 1. The normalized spacial score (nSPS) is 16.7. The minimum Gasteiger partial charge on any atom is -0.492 e. The van der Waals surface area contributed by atoms with Crippen molar-refractivity contribution in [1.29, 1.82) is 0 Å². The standard InChI is InChI=1S/C22H22ClN3O4/c23-17-2-4-18(5-3-17)27-12-11-26-9-7-15(8-10-26)22-24-21(25-30-22)16-1-6-19-20(13-16)29-14-28-19/h1-6,13,15H,7-12,14H2. The van der Waals surface area contributed by atoms with Crippen molar-refractivity contribution in [2.45, 2.75) is 18.8 Å². The van der Waals surface area contributed by atoms with E-state index in [2.05, 4.69) is 15.0 Å². The summed E-state index contributed by atoms with van der Waals surface area (Å²) in [6.07, 6.45) is 1.98. The van der Waals surface area contributed by atoms with Crippen LogP contribution in [0.1, 0.15) is 24.7 Å². The zero-order chi connectivity index (χ0) is 20.3.